The van der Waals surface area contributed by atoms with Gasteiger partial charge in [-0.15, -0.1) is 0 Å². The molecule has 0 saturated heterocycles. The first-order chi connectivity index (χ1) is 27.8. The van der Waals surface area contributed by atoms with Crippen molar-refractivity contribution in [1.82, 2.24) is 0 Å². The molecular weight excluding hydrogens is 737 g/mol. The lowest BCUT2D eigenvalue weighted by Crippen LogP contribution is -2.29. The van der Waals surface area contributed by atoms with E-state index < -0.39 is 32.5 Å². The summed E-state index contributed by atoms with van der Waals surface area (Å²) >= 11 is 0. The van der Waals surface area contributed by atoms with E-state index in [2.05, 4.69) is 74.6 Å². The maximum absolute atomic E-state index is 12.6. The Kier molecular flexibility index (Phi) is 41.6. The van der Waals surface area contributed by atoms with Crippen molar-refractivity contribution in [3.05, 3.63) is 60.8 Å². The van der Waals surface area contributed by atoms with Crippen LogP contribution in [0, 0.1) is 0 Å². The van der Waals surface area contributed by atoms with Crippen LogP contribution in [0.3, 0.4) is 0 Å². The Balaban J connectivity index is 4.18. The molecule has 0 aromatic carbocycles. The average molecular weight is 822 g/mol. The fourth-order valence-corrected chi connectivity index (χ4v) is 6.84. The first-order valence-corrected chi connectivity index (χ1v) is 24.3. The molecule has 330 valence electrons. The first kappa shape index (κ1) is 54.7. The third-order valence-electron chi connectivity index (χ3n) is 9.42. The number of nitrogens with two attached hydrogens (primary N) is 1. The fraction of sp³-hybridized carbons (Fsp3) is 0.745. The standard InChI is InChI=1S/C47H84NO8P/c1-3-5-7-9-11-13-15-17-19-21-22-24-25-27-29-31-33-35-37-39-46(49)53-43-45(44-55-57(51,52)54-42-41-48)56-47(50)40-38-36-34-32-30-28-26-23-20-18-16-14-12-10-8-6-4-2/h5,7,11,13,17,19,22,24,27,29,45H,3-4,6,8-10,12,14-16,18,20-21,23,25-26,28,30-44,48H2,1-2H3,(H,51,52)/t45-/m1/s1. The molecule has 0 aromatic rings. The van der Waals surface area contributed by atoms with Gasteiger partial charge < -0.3 is 20.1 Å². The number of hydrogen-bond donors (Lipinski definition) is 2. The Bertz CT molecular complexity index is 1120. The molecule has 0 heterocycles. The smallest absolute Gasteiger partial charge is 0.462 e. The lowest BCUT2D eigenvalue weighted by atomic mass is 10.0. The highest BCUT2D eigenvalue weighted by atomic mass is 31.2. The molecule has 2 atom stereocenters. The minimum Gasteiger partial charge on any atom is -0.462 e. The van der Waals surface area contributed by atoms with E-state index in [9.17, 15) is 19.0 Å². The molecule has 0 bridgehead atoms. The van der Waals surface area contributed by atoms with Gasteiger partial charge in [-0.1, -0.05) is 184 Å². The third kappa shape index (κ3) is 43.1. The van der Waals surface area contributed by atoms with Gasteiger partial charge >= 0.3 is 19.8 Å². The number of carbonyl (C=O) groups excluding carboxylic acids is 2. The van der Waals surface area contributed by atoms with Crippen molar-refractivity contribution in [3.8, 4) is 0 Å². The molecule has 9 nitrogen and oxygen atoms in total. The summed E-state index contributed by atoms with van der Waals surface area (Å²) in [7, 11) is -4.39. The second-order valence-electron chi connectivity index (χ2n) is 14.9. The van der Waals surface area contributed by atoms with Crippen molar-refractivity contribution < 1.29 is 37.6 Å². The highest BCUT2D eigenvalue weighted by Gasteiger charge is 2.26. The van der Waals surface area contributed by atoms with Crippen molar-refractivity contribution in [3.63, 3.8) is 0 Å². The van der Waals surface area contributed by atoms with Crippen LogP contribution in [0.4, 0.5) is 0 Å². The topological polar surface area (TPSA) is 134 Å². The van der Waals surface area contributed by atoms with Crippen LogP contribution in [0.5, 0.6) is 0 Å². The van der Waals surface area contributed by atoms with E-state index in [0.29, 0.717) is 12.8 Å². The second kappa shape index (κ2) is 43.3. The Hall–Kier alpha value is -2.29. The molecule has 1 unspecified atom stereocenters. The van der Waals surface area contributed by atoms with Crippen LogP contribution in [-0.4, -0.2) is 49.3 Å². The lowest BCUT2D eigenvalue weighted by molar-refractivity contribution is -0.161. The minimum absolute atomic E-state index is 0.0472. The van der Waals surface area contributed by atoms with Gasteiger partial charge in [0.2, 0.25) is 0 Å². The predicted octanol–water partition coefficient (Wildman–Crippen LogP) is 13.3. The van der Waals surface area contributed by atoms with Crippen molar-refractivity contribution in [2.24, 2.45) is 5.73 Å². The van der Waals surface area contributed by atoms with Gasteiger partial charge in [0.25, 0.3) is 0 Å². The molecule has 57 heavy (non-hydrogen) atoms. The zero-order valence-electron chi connectivity index (χ0n) is 36.3. The third-order valence-corrected chi connectivity index (χ3v) is 10.4. The maximum Gasteiger partial charge on any atom is 0.472 e. The summed E-state index contributed by atoms with van der Waals surface area (Å²) in [6, 6.07) is 0. The number of carbonyl (C=O) groups is 2. The van der Waals surface area contributed by atoms with Gasteiger partial charge in [-0.05, 0) is 57.8 Å². The number of phosphoric acid groups is 1. The van der Waals surface area contributed by atoms with Crippen LogP contribution < -0.4 is 5.73 Å². The van der Waals surface area contributed by atoms with Gasteiger partial charge in [0.05, 0.1) is 13.2 Å². The molecular formula is C47H84NO8P. The molecule has 0 rings (SSSR count). The van der Waals surface area contributed by atoms with Crippen LogP contribution in [0.15, 0.2) is 60.8 Å². The monoisotopic (exact) mass is 822 g/mol. The van der Waals surface area contributed by atoms with E-state index in [4.69, 9.17) is 24.3 Å². The molecule has 10 heteroatoms. The van der Waals surface area contributed by atoms with Gasteiger partial charge in [-0.2, -0.15) is 0 Å². The van der Waals surface area contributed by atoms with E-state index in [-0.39, 0.29) is 32.6 Å². The summed E-state index contributed by atoms with van der Waals surface area (Å²) in [6.07, 6.45) is 51.1. The molecule has 0 spiro atoms. The average Bonchev–Trinajstić information content (AvgIpc) is 3.20. The summed E-state index contributed by atoms with van der Waals surface area (Å²) in [5, 5.41) is 0. The van der Waals surface area contributed by atoms with Gasteiger partial charge in [-0.3, -0.25) is 18.6 Å². The zero-order chi connectivity index (χ0) is 41.8. The van der Waals surface area contributed by atoms with Crippen molar-refractivity contribution in [2.45, 2.75) is 200 Å². The molecule has 0 aliphatic heterocycles. The van der Waals surface area contributed by atoms with Gasteiger partial charge in [-0.25, -0.2) is 4.57 Å². The number of unbranched alkanes of at least 4 members (excludes halogenated alkanes) is 19. The normalized spacial score (nSPS) is 13.8. The molecule has 0 saturated carbocycles. The minimum atomic E-state index is -4.39. The molecule has 0 aliphatic rings. The number of esters is 2. The van der Waals surface area contributed by atoms with Gasteiger partial charge in [0, 0.05) is 19.4 Å². The summed E-state index contributed by atoms with van der Waals surface area (Å²) in [5.41, 5.74) is 5.35. The van der Waals surface area contributed by atoms with Crippen LogP contribution in [0.2, 0.25) is 0 Å². The summed E-state index contributed by atoms with van der Waals surface area (Å²) in [6.45, 7) is 3.59. The Morgan fingerprint density at radius 2 is 0.965 bits per heavy atom. The lowest BCUT2D eigenvalue weighted by Gasteiger charge is -2.19. The van der Waals surface area contributed by atoms with Crippen molar-refractivity contribution >= 4 is 19.8 Å². The number of allylic oxidation sites excluding steroid dienone is 10. The van der Waals surface area contributed by atoms with Crippen molar-refractivity contribution in [2.75, 3.05) is 26.4 Å². The highest BCUT2D eigenvalue weighted by Crippen LogP contribution is 2.43. The SMILES string of the molecule is CCC=CCC=CCC=CCC=CCC=CCCCCCC(=O)OC[C@H](COP(=O)(O)OCCN)OC(=O)CCCCCCCCCCCCCCCCCCC. The van der Waals surface area contributed by atoms with Crippen LogP contribution >= 0.6 is 7.82 Å². The molecule has 0 aromatic heterocycles. The van der Waals surface area contributed by atoms with E-state index in [1.807, 2.05) is 0 Å². The van der Waals surface area contributed by atoms with Crippen LogP contribution in [0.25, 0.3) is 0 Å². The predicted molar refractivity (Wildman–Crippen MR) is 238 cm³/mol. The largest absolute Gasteiger partial charge is 0.472 e. The van der Waals surface area contributed by atoms with E-state index in [1.54, 1.807) is 0 Å². The Labute approximate surface area is 349 Å². The molecule has 3 N–H and O–H groups in total. The molecule has 0 fully saturated rings. The Morgan fingerprint density at radius 1 is 0.544 bits per heavy atom. The van der Waals surface area contributed by atoms with Crippen molar-refractivity contribution in [1.29, 1.82) is 0 Å². The van der Waals surface area contributed by atoms with Gasteiger partial charge in [0.15, 0.2) is 6.10 Å². The Morgan fingerprint density at radius 3 is 1.44 bits per heavy atom. The molecule has 0 amide bonds. The number of ether oxygens (including phenoxy) is 2. The fourth-order valence-electron chi connectivity index (χ4n) is 6.07. The summed E-state index contributed by atoms with van der Waals surface area (Å²) in [5.74, 6) is -0.864. The van der Waals surface area contributed by atoms with Crippen LogP contribution in [0.1, 0.15) is 194 Å². The summed E-state index contributed by atoms with van der Waals surface area (Å²) in [4.78, 5) is 34.9. The van der Waals surface area contributed by atoms with E-state index >= 15 is 0 Å². The second-order valence-corrected chi connectivity index (χ2v) is 16.3. The molecule has 0 radical (unpaired) electrons. The highest BCUT2D eigenvalue weighted by molar-refractivity contribution is 7.47. The van der Waals surface area contributed by atoms with Gasteiger partial charge in [0.1, 0.15) is 6.61 Å². The van der Waals surface area contributed by atoms with Crippen LogP contribution in [-0.2, 0) is 32.7 Å². The quantitative estimate of drug-likeness (QED) is 0.0267. The summed E-state index contributed by atoms with van der Waals surface area (Å²) < 4.78 is 32.8. The number of phosphoric ester groups is 1. The first-order valence-electron chi connectivity index (χ1n) is 22.8. The van der Waals surface area contributed by atoms with E-state index in [1.165, 1.54) is 83.5 Å². The molecule has 0 aliphatic carbocycles. The zero-order valence-corrected chi connectivity index (χ0v) is 37.2. The maximum atomic E-state index is 12.6. The van der Waals surface area contributed by atoms with E-state index in [0.717, 1.165) is 70.6 Å². The number of hydrogen-bond acceptors (Lipinski definition) is 8. The number of rotatable bonds is 42.